The van der Waals surface area contributed by atoms with Crippen LogP contribution in [0.2, 0.25) is 0 Å². The van der Waals surface area contributed by atoms with E-state index in [0.29, 0.717) is 37.3 Å². The number of fused-ring (bicyclic) bond motifs is 2. The summed E-state index contributed by atoms with van der Waals surface area (Å²) >= 11 is 0. The van der Waals surface area contributed by atoms with Crippen molar-refractivity contribution >= 4 is 6.09 Å². The molecule has 0 radical (unpaired) electrons. The third kappa shape index (κ3) is 4.28. The first-order valence-electron chi connectivity index (χ1n) is 8.91. The van der Waals surface area contributed by atoms with Gasteiger partial charge >= 0.3 is 6.09 Å². The lowest BCUT2D eigenvalue weighted by Crippen LogP contribution is -2.56. The van der Waals surface area contributed by atoms with Crippen molar-refractivity contribution in [3.05, 3.63) is 29.8 Å². The first kappa shape index (κ1) is 18.1. The van der Waals surface area contributed by atoms with Gasteiger partial charge in [-0.2, -0.15) is 5.26 Å². The highest BCUT2D eigenvalue weighted by Crippen LogP contribution is 2.30. The Kier molecular flexibility index (Phi) is 5.99. The Labute approximate surface area is 154 Å². The second-order valence-corrected chi connectivity index (χ2v) is 6.49. The van der Waals surface area contributed by atoms with Crippen molar-refractivity contribution in [3.8, 4) is 23.7 Å². The minimum absolute atomic E-state index is 0.156. The molecule has 0 saturated carbocycles. The van der Waals surface area contributed by atoms with Gasteiger partial charge in [0, 0.05) is 31.7 Å². The Hall–Kier alpha value is -2.70. The number of nitrogens with zero attached hydrogens (tertiary/aromatic N) is 3. The molecule has 0 N–H and O–H groups in total. The summed E-state index contributed by atoms with van der Waals surface area (Å²) < 4.78 is 11.0. The summed E-state index contributed by atoms with van der Waals surface area (Å²) in [6.07, 6.45) is 1.93. The van der Waals surface area contributed by atoms with Crippen LogP contribution in [0.3, 0.4) is 0 Å². The van der Waals surface area contributed by atoms with Gasteiger partial charge in [0.2, 0.25) is 0 Å². The molecule has 26 heavy (non-hydrogen) atoms. The van der Waals surface area contributed by atoms with Crippen LogP contribution in [0.4, 0.5) is 4.79 Å². The quantitative estimate of drug-likeness (QED) is 0.760. The van der Waals surface area contributed by atoms with E-state index in [9.17, 15) is 4.79 Å². The van der Waals surface area contributed by atoms with Crippen molar-refractivity contribution in [1.29, 1.82) is 5.26 Å². The summed E-state index contributed by atoms with van der Waals surface area (Å²) in [6, 6.07) is 9.98. The number of nitriles is 1. The van der Waals surface area contributed by atoms with E-state index in [1.807, 2.05) is 12.1 Å². The molecule has 2 heterocycles. The Bertz CT molecular complexity index is 715. The van der Waals surface area contributed by atoms with Crippen LogP contribution in [0.15, 0.2) is 24.3 Å². The SMILES string of the molecule is CC#CCOC(=O)N1CC2CCC(C1)N2CCOc1ccc(C#N)cc1. The van der Waals surface area contributed by atoms with Crippen LogP contribution in [0.25, 0.3) is 0 Å². The molecule has 136 valence electrons. The lowest BCUT2D eigenvalue weighted by molar-refractivity contribution is 0.0442. The van der Waals surface area contributed by atoms with Gasteiger partial charge in [-0.05, 0) is 44.0 Å². The fourth-order valence-electron chi connectivity index (χ4n) is 3.66. The minimum Gasteiger partial charge on any atom is -0.492 e. The largest absolute Gasteiger partial charge is 0.492 e. The summed E-state index contributed by atoms with van der Waals surface area (Å²) in [4.78, 5) is 16.4. The molecule has 2 aliphatic rings. The maximum Gasteiger partial charge on any atom is 0.410 e. The van der Waals surface area contributed by atoms with Crippen LogP contribution < -0.4 is 4.74 Å². The van der Waals surface area contributed by atoms with Crippen LogP contribution in [0.1, 0.15) is 25.3 Å². The molecule has 6 heteroatoms. The number of rotatable bonds is 5. The van der Waals surface area contributed by atoms with E-state index in [4.69, 9.17) is 14.7 Å². The fourth-order valence-corrected chi connectivity index (χ4v) is 3.66. The molecule has 1 aromatic rings. The number of benzene rings is 1. The average molecular weight is 353 g/mol. The number of hydrogen-bond donors (Lipinski definition) is 0. The zero-order valence-electron chi connectivity index (χ0n) is 15.0. The van der Waals surface area contributed by atoms with Crippen LogP contribution in [0, 0.1) is 23.2 Å². The first-order valence-corrected chi connectivity index (χ1v) is 8.91. The highest BCUT2D eigenvalue weighted by molar-refractivity contribution is 5.68. The van der Waals surface area contributed by atoms with E-state index in [1.54, 1.807) is 24.0 Å². The molecule has 1 amide bonds. The molecule has 0 aliphatic carbocycles. The zero-order chi connectivity index (χ0) is 18.4. The van der Waals surface area contributed by atoms with Crippen molar-refractivity contribution in [2.24, 2.45) is 0 Å². The third-order valence-electron chi connectivity index (χ3n) is 4.94. The molecule has 1 aromatic carbocycles. The molecular weight excluding hydrogens is 330 g/mol. The fraction of sp³-hybridized carbons (Fsp3) is 0.500. The van der Waals surface area contributed by atoms with Gasteiger partial charge in [0.05, 0.1) is 11.6 Å². The predicted molar refractivity (Wildman–Crippen MR) is 96.5 cm³/mol. The number of hydrogen-bond acceptors (Lipinski definition) is 5. The van der Waals surface area contributed by atoms with Gasteiger partial charge < -0.3 is 14.4 Å². The monoisotopic (exact) mass is 353 g/mol. The van der Waals surface area contributed by atoms with E-state index < -0.39 is 0 Å². The molecule has 2 unspecified atom stereocenters. The Morgan fingerprint density at radius 3 is 2.54 bits per heavy atom. The summed E-state index contributed by atoms with van der Waals surface area (Å²) in [5, 5.41) is 8.82. The van der Waals surface area contributed by atoms with Gasteiger partial charge in [-0.1, -0.05) is 5.92 Å². The lowest BCUT2D eigenvalue weighted by atomic mass is 10.2. The highest BCUT2D eigenvalue weighted by atomic mass is 16.6. The van der Waals surface area contributed by atoms with Gasteiger partial charge in [-0.15, -0.1) is 5.92 Å². The van der Waals surface area contributed by atoms with Crippen molar-refractivity contribution in [2.45, 2.75) is 31.8 Å². The van der Waals surface area contributed by atoms with Crippen LogP contribution in [0.5, 0.6) is 5.75 Å². The van der Waals surface area contributed by atoms with E-state index in [1.165, 1.54) is 0 Å². The Morgan fingerprint density at radius 2 is 1.92 bits per heavy atom. The molecular formula is C20H23N3O3. The van der Waals surface area contributed by atoms with E-state index in [0.717, 1.165) is 25.1 Å². The molecule has 3 rings (SSSR count). The lowest BCUT2D eigenvalue weighted by Gasteiger charge is -2.40. The molecule has 6 nitrogen and oxygen atoms in total. The average Bonchev–Trinajstić information content (AvgIpc) is 2.90. The number of carbonyl (C=O) groups excluding carboxylic acids is 1. The van der Waals surface area contributed by atoms with Crippen LogP contribution in [-0.4, -0.2) is 60.8 Å². The Morgan fingerprint density at radius 1 is 1.23 bits per heavy atom. The molecule has 2 saturated heterocycles. The van der Waals surface area contributed by atoms with Crippen molar-refractivity contribution < 1.29 is 14.3 Å². The first-order chi connectivity index (χ1) is 12.7. The van der Waals surface area contributed by atoms with E-state index in [-0.39, 0.29) is 12.7 Å². The minimum atomic E-state index is -0.266. The zero-order valence-corrected chi connectivity index (χ0v) is 15.0. The van der Waals surface area contributed by atoms with Gasteiger partial charge in [0.15, 0.2) is 6.61 Å². The topological polar surface area (TPSA) is 65.8 Å². The van der Waals surface area contributed by atoms with E-state index in [2.05, 4.69) is 22.8 Å². The van der Waals surface area contributed by atoms with Crippen molar-refractivity contribution in [1.82, 2.24) is 9.80 Å². The van der Waals surface area contributed by atoms with Gasteiger partial charge in [0.1, 0.15) is 12.4 Å². The van der Waals surface area contributed by atoms with E-state index >= 15 is 0 Å². The number of piperazine rings is 1. The molecule has 2 atom stereocenters. The number of carbonyl (C=O) groups is 1. The smallest absolute Gasteiger partial charge is 0.410 e. The molecule has 2 bridgehead atoms. The molecule has 2 fully saturated rings. The molecule has 0 spiro atoms. The van der Waals surface area contributed by atoms with Crippen LogP contribution >= 0.6 is 0 Å². The number of likely N-dealkylation sites (tertiary alicyclic amines) is 1. The van der Waals surface area contributed by atoms with Gasteiger partial charge in [-0.25, -0.2) is 4.79 Å². The maximum atomic E-state index is 12.1. The standard InChI is InChI=1S/C20H23N3O3/c1-2-3-11-26-20(24)22-14-17-6-7-18(15-22)23(17)10-12-25-19-8-4-16(13-21)5-9-19/h4-5,8-9,17-18H,6-7,10-12,14-15H2,1H3. The normalized spacial score (nSPS) is 21.5. The second kappa shape index (κ2) is 8.60. The maximum absolute atomic E-state index is 12.1. The van der Waals surface area contributed by atoms with Crippen LogP contribution in [-0.2, 0) is 4.74 Å². The third-order valence-corrected chi connectivity index (χ3v) is 4.94. The van der Waals surface area contributed by atoms with Gasteiger partial charge in [0.25, 0.3) is 0 Å². The van der Waals surface area contributed by atoms with Crippen molar-refractivity contribution in [2.75, 3.05) is 32.8 Å². The predicted octanol–water partition coefficient (Wildman–Crippen LogP) is 2.25. The summed E-state index contributed by atoms with van der Waals surface area (Å²) in [5.74, 6) is 6.25. The van der Waals surface area contributed by atoms with Gasteiger partial charge in [-0.3, -0.25) is 4.90 Å². The summed E-state index contributed by atoms with van der Waals surface area (Å²) in [5.41, 5.74) is 0.628. The summed E-state index contributed by atoms with van der Waals surface area (Å²) in [6.45, 7) is 4.71. The number of amides is 1. The Balaban J connectivity index is 1.46. The summed E-state index contributed by atoms with van der Waals surface area (Å²) in [7, 11) is 0. The molecule has 2 aliphatic heterocycles. The molecule has 0 aromatic heterocycles. The second-order valence-electron chi connectivity index (χ2n) is 6.49. The van der Waals surface area contributed by atoms with Crippen molar-refractivity contribution in [3.63, 3.8) is 0 Å². The number of ether oxygens (including phenoxy) is 2. The highest BCUT2D eigenvalue weighted by Gasteiger charge is 2.41.